The topological polar surface area (TPSA) is 55.1 Å². The Morgan fingerprint density at radius 1 is 1.50 bits per heavy atom. The van der Waals surface area contributed by atoms with E-state index in [0.29, 0.717) is 6.42 Å². The summed E-state index contributed by atoms with van der Waals surface area (Å²) >= 11 is 0. The van der Waals surface area contributed by atoms with Crippen molar-refractivity contribution in [2.75, 3.05) is 12.4 Å². The number of nitrogens with two attached hydrogens (primary N) is 1. The van der Waals surface area contributed by atoms with Gasteiger partial charge in [0.1, 0.15) is 6.29 Å². The Hall–Kier alpha value is -1.35. The molecule has 0 radical (unpaired) electrons. The highest BCUT2D eigenvalue weighted by Crippen LogP contribution is 2.15. The number of benzene rings is 1. The van der Waals surface area contributed by atoms with Crippen LogP contribution in [0.5, 0.6) is 0 Å². The molecule has 0 bridgehead atoms. The standard InChI is InChI=1S/C11H16N2O/c1-13-11-5-3-2-4-9(11)6-7-10(12)8-14/h2-5,8,10,13H,6-7,12H2,1H3. The fourth-order valence-electron chi connectivity index (χ4n) is 1.37. The minimum absolute atomic E-state index is 0.347. The molecule has 0 spiro atoms. The van der Waals surface area contributed by atoms with Gasteiger partial charge in [0.05, 0.1) is 6.04 Å². The predicted molar refractivity (Wildman–Crippen MR) is 58.3 cm³/mol. The zero-order valence-electron chi connectivity index (χ0n) is 8.36. The van der Waals surface area contributed by atoms with Gasteiger partial charge in [0.2, 0.25) is 0 Å². The number of carbonyl (C=O) groups excluding carboxylic acids is 1. The second kappa shape index (κ2) is 5.40. The molecule has 0 saturated heterocycles. The lowest BCUT2D eigenvalue weighted by Gasteiger charge is -2.09. The molecule has 1 aromatic carbocycles. The maximum absolute atomic E-state index is 10.3. The Morgan fingerprint density at radius 3 is 2.86 bits per heavy atom. The smallest absolute Gasteiger partial charge is 0.136 e. The number of aldehydes is 1. The lowest BCUT2D eigenvalue weighted by molar-refractivity contribution is -0.109. The van der Waals surface area contributed by atoms with Crippen molar-refractivity contribution in [1.82, 2.24) is 0 Å². The fourth-order valence-corrected chi connectivity index (χ4v) is 1.37. The van der Waals surface area contributed by atoms with Crippen molar-refractivity contribution in [1.29, 1.82) is 0 Å². The molecular weight excluding hydrogens is 176 g/mol. The van der Waals surface area contributed by atoms with Crippen molar-refractivity contribution in [3.05, 3.63) is 29.8 Å². The van der Waals surface area contributed by atoms with Gasteiger partial charge >= 0.3 is 0 Å². The summed E-state index contributed by atoms with van der Waals surface area (Å²) in [6.07, 6.45) is 2.32. The molecule has 0 fully saturated rings. The van der Waals surface area contributed by atoms with Crippen LogP contribution in [0.3, 0.4) is 0 Å². The number of hydrogen-bond donors (Lipinski definition) is 2. The van der Waals surface area contributed by atoms with Gasteiger partial charge in [-0.3, -0.25) is 0 Å². The molecular formula is C11H16N2O. The van der Waals surface area contributed by atoms with Crippen LogP contribution in [0.1, 0.15) is 12.0 Å². The van der Waals surface area contributed by atoms with Crippen molar-refractivity contribution >= 4 is 12.0 Å². The predicted octanol–water partition coefficient (Wildman–Crippen LogP) is 1.19. The Morgan fingerprint density at radius 2 is 2.21 bits per heavy atom. The van der Waals surface area contributed by atoms with Crippen LogP contribution in [0.25, 0.3) is 0 Å². The van der Waals surface area contributed by atoms with Gasteiger partial charge in [-0.05, 0) is 24.5 Å². The lowest BCUT2D eigenvalue weighted by atomic mass is 10.0. The van der Waals surface area contributed by atoms with Gasteiger partial charge in [0.15, 0.2) is 0 Å². The lowest BCUT2D eigenvalue weighted by Crippen LogP contribution is -2.22. The third kappa shape index (κ3) is 2.85. The van der Waals surface area contributed by atoms with Crippen molar-refractivity contribution < 1.29 is 4.79 Å². The molecule has 0 aliphatic heterocycles. The Kier molecular flexibility index (Phi) is 4.13. The average molecular weight is 192 g/mol. The van der Waals surface area contributed by atoms with Gasteiger partial charge < -0.3 is 15.8 Å². The van der Waals surface area contributed by atoms with E-state index in [9.17, 15) is 4.79 Å². The number of nitrogens with one attached hydrogen (secondary N) is 1. The minimum atomic E-state index is -0.347. The normalized spacial score (nSPS) is 12.1. The highest BCUT2D eigenvalue weighted by Gasteiger charge is 2.03. The first kappa shape index (κ1) is 10.7. The van der Waals surface area contributed by atoms with Crippen LogP contribution in [-0.4, -0.2) is 19.4 Å². The maximum atomic E-state index is 10.3. The van der Waals surface area contributed by atoms with E-state index in [0.717, 1.165) is 18.4 Å². The van der Waals surface area contributed by atoms with Gasteiger partial charge in [-0.1, -0.05) is 18.2 Å². The molecule has 0 saturated carbocycles. The van der Waals surface area contributed by atoms with E-state index in [4.69, 9.17) is 5.73 Å². The largest absolute Gasteiger partial charge is 0.388 e. The molecule has 0 aliphatic carbocycles. The molecule has 76 valence electrons. The van der Waals surface area contributed by atoms with Gasteiger partial charge in [-0.15, -0.1) is 0 Å². The number of hydrogen-bond acceptors (Lipinski definition) is 3. The summed E-state index contributed by atoms with van der Waals surface area (Å²) in [5.41, 5.74) is 7.83. The van der Waals surface area contributed by atoms with Gasteiger partial charge in [-0.25, -0.2) is 0 Å². The van der Waals surface area contributed by atoms with Crippen LogP contribution in [0.15, 0.2) is 24.3 Å². The Bertz CT molecular complexity index is 299. The summed E-state index contributed by atoms with van der Waals surface area (Å²) in [6.45, 7) is 0. The summed E-state index contributed by atoms with van der Waals surface area (Å²) in [5.74, 6) is 0. The van der Waals surface area contributed by atoms with Gasteiger partial charge in [0.25, 0.3) is 0 Å². The second-order valence-corrected chi connectivity index (χ2v) is 3.25. The quantitative estimate of drug-likeness (QED) is 0.689. The first-order chi connectivity index (χ1) is 6.77. The van der Waals surface area contributed by atoms with E-state index in [1.165, 1.54) is 5.56 Å². The van der Waals surface area contributed by atoms with Gasteiger partial charge in [0, 0.05) is 12.7 Å². The molecule has 0 amide bonds. The van der Waals surface area contributed by atoms with E-state index in [-0.39, 0.29) is 6.04 Å². The molecule has 3 N–H and O–H groups in total. The van der Waals surface area contributed by atoms with Crippen LogP contribution >= 0.6 is 0 Å². The summed E-state index contributed by atoms with van der Waals surface area (Å²) < 4.78 is 0. The fraction of sp³-hybridized carbons (Fsp3) is 0.364. The highest BCUT2D eigenvalue weighted by atomic mass is 16.1. The van der Waals surface area contributed by atoms with Crippen molar-refractivity contribution in [2.24, 2.45) is 5.73 Å². The summed E-state index contributed by atoms with van der Waals surface area (Å²) in [7, 11) is 1.89. The first-order valence-corrected chi connectivity index (χ1v) is 4.74. The van der Waals surface area contributed by atoms with Crippen LogP contribution < -0.4 is 11.1 Å². The molecule has 0 aliphatic rings. The number of para-hydroxylation sites is 1. The third-order valence-corrected chi connectivity index (χ3v) is 2.21. The monoisotopic (exact) mass is 192 g/mol. The SMILES string of the molecule is CNc1ccccc1CCC(N)C=O. The molecule has 1 rings (SSSR count). The van der Waals surface area contributed by atoms with E-state index in [1.54, 1.807) is 0 Å². The summed E-state index contributed by atoms with van der Waals surface area (Å²) in [6, 6.07) is 7.68. The first-order valence-electron chi connectivity index (χ1n) is 4.74. The van der Waals surface area contributed by atoms with Gasteiger partial charge in [-0.2, -0.15) is 0 Å². The van der Waals surface area contributed by atoms with E-state index in [2.05, 4.69) is 5.32 Å². The Labute approximate surface area is 84.3 Å². The molecule has 1 aromatic rings. The van der Waals surface area contributed by atoms with Crippen molar-refractivity contribution in [3.8, 4) is 0 Å². The number of aryl methyl sites for hydroxylation is 1. The third-order valence-electron chi connectivity index (χ3n) is 2.21. The molecule has 0 heterocycles. The Balaban J connectivity index is 2.61. The van der Waals surface area contributed by atoms with Crippen LogP contribution in [0.2, 0.25) is 0 Å². The molecule has 3 heteroatoms. The molecule has 1 atom stereocenters. The molecule has 3 nitrogen and oxygen atoms in total. The summed E-state index contributed by atoms with van der Waals surface area (Å²) in [4.78, 5) is 10.3. The maximum Gasteiger partial charge on any atom is 0.136 e. The molecule has 14 heavy (non-hydrogen) atoms. The van der Waals surface area contributed by atoms with Crippen LogP contribution in [-0.2, 0) is 11.2 Å². The zero-order chi connectivity index (χ0) is 10.4. The van der Waals surface area contributed by atoms with Crippen molar-refractivity contribution in [2.45, 2.75) is 18.9 Å². The number of rotatable bonds is 5. The number of carbonyl (C=O) groups is 1. The van der Waals surface area contributed by atoms with E-state index >= 15 is 0 Å². The van der Waals surface area contributed by atoms with Crippen LogP contribution in [0.4, 0.5) is 5.69 Å². The minimum Gasteiger partial charge on any atom is -0.388 e. The van der Waals surface area contributed by atoms with Crippen LogP contribution in [0, 0.1) is 0 Å². The molecule has 1 unspecified atom stereocenters. The second-order valence-electron chi connectivity index (χ2n) is 3.25. The highest BCUT2D eigenvalue weighted by molar-refractivity contribution is 5.57. The molecule has 0 aromatic heterocycles. The number of anilines is 1. The zero-order valence-corrected chi connectivity index (χ0v) is 8.36. The van der Waals surface area contributed by atoms with Crippen molar-refractivity contribution in [3.63, 3.8) is 0 Å². The van der Waals surface area contributed by atoms with E-state index < -0.39 is 0 Å². The summed E-state index contributed by atoms with van der Waals surface area (Å²) in [5, 5.41) is 3.11. The average Bonchev–Trinajstić information content (AvgIpc) is 2.26. The van der Waals surface area contributed by atoms with E-state index in [1.807, 2.05) is 31.3 Å².